The Hall–Kier alpha value is 0.100. The number of rotatable bonds is 5. The van der Waals surface area contributed by atoms with E-state index in [2.05, 4.69) is 33.6 Å². The Kier molecular flexibility index (Phi) is 4.94. The van der Waals surface area contributed by atoms with Crippen LogP contribution in [-0.4, -0.2) is 17.8 Å². The summed E-state index contributed by atoms with van der Waals surface area (Å²) >= 11 is 5.19. The summed E-state index contributed by atoms with van der Waals surface area (Å²) in [4.78, 5) is 1.28. The largest absolute Gasteiger partial charge is 0.395 e. The summed E-state index contributed by atoms with van der Waals surface area (Å²) in [6, 6.07) is 2.26. The highest BCUT2D eigenvalue weighted by Crippen LogP contribution is 2.22. The van der Waals surface area contributed by atoms with Gasteiger partial charge in [0.15, 0.2) is 0 Å². The molecule has 0 aliphatic carbocycles. The van der Waals surface area contributed by atoms with Crippen LogP contribution in [0.3, 0.4) is 0 Å². The molecule has 0 unspecified atom stereocenters. The molecule has 0 saturated heterocycles. The van der Waals surface area contributed by atoms with Crippen LogP contribution >= 0.6 is 27.3 Å². The van der Waals surface area contributed by atoms with Gasteiger partial charge in [0, 0.05) is 21.9 Å². The Morgan fingerprint density at radius 3 is 2.92 bits per heavy atom. The third-order valence-electron chi connectivity index (χ3n) is 1.96. The molecule has 74 valence electrons. The molecule has 13 heavy (non-hydrogen) atoms. The van der Waals surface area contributed by atoms with Crippen LogP contribution < -0.4 is 5.32 Å². The van der Waals surface area contributed by atoms with Gasteiger partial charge in [0.25, 0.3) is 0 Å². The predicted molar refractivity (Wildman–Crippen MR) is 60.0 cm³/mol. The van der Waals surface area contributed by atoms with Gasteiger partial charge >= 0.3 is 0 Å². The average Bonchev–Trinajstić information content (AvgIpc) is 2.54. The molecule has 1 aromatic heterocycles. The second-order valence-corrected chi connectivity index (χ2v) is 4.72. The predicted octanol–water partition coefficient (Wildman–Crippen LogP) is 2.37. The Morgan fingerprint density at radius 1 is 1.69 bits per heavy atom. The molecule has 0 radical (unpaired) electrons. The van der Waals surface area contributed by atoms with Crippen molar-refractivity contribution < 1.29 is 5.11 Å². The first kappa shape index (κ1) is 11.2. The van der Waals surface area contributed by atoms with Crippen LogP contribution in [0.25, 0.3) is 0 Å². The van der Waals surface area contributed by atoms with E-state index in [1.165, 1.54) is 4.88 Å². The summed E-state index contributed by atoms with van der Waals surface area (Å²) in [6.07, 6.45) is 0.958. The van der Waals surface area contributed by atoms with Crippen LogP contribution in [0.15, 0.2) is 15.9 Å². The smallest absolute Gasteiger partial charge is 0.0584 e. The maximum Gasteiger partial charge on any atom is 0.0584 e. The molecular weight excluding hydrogens is 250 g/mol. The van der Waals surface area contributed by atoms with Crippen molar-refractivity contribution in [2.45, 2.75) is 25.9 Å². The summed E-state index contributed by atoms with van der Waals surface area (Å²) in [6.45, 7) is 3.11. The fourth-order valence-corrected chi connectivity index (χ4v) is 2.47. The third-order valence-corrected chi connectivity index (χ3v) is 3.88. The number of thiophene rings is 1. The van der Waals surface area contributed by atoms with Crippen molar-refractivity contribution in [3.63, 3.8) is 0 Å². The highest BCUT2D eigenvalue weighted by Gasteiger charge is 2.05. The molecule has 0 aliphatic rings. The molecule has 0 aromatic carbocycles. The lowest BCUT2D eigenvalue weighted by atomic mass is 10.2. The second kappa shape index (κ2) is 5.75. The highest BCUT2D eigenvalue weighted by atomic mass is 79.9. The van der Waals surface area contributed by atoms with E-state index in [1.54, 1.807) is 11.3 Å². The van der Waals surface area contributed by atoms with Crippen LogP contribution in [0.5, 0.6) is 0 Å². The molecule has 0 aliphatic heterocycles. The van der Waals surface area contributed by atoms with Crippen LogP contribution in [0.4, 0.5) is 0 Å². The Bertz CT molecular complexity index is 248. The van der Waals surface area contributed by atoms with Gasteiger partial charge in [-0.15, -0.1) is 11.3 Å². The van der Waals surface area contributed by atoms with Gasteiger partial charge in [0.1, 0.15) is 0 Å². The molecule has 1 heterocycles. The first-order chi connectivity index (χ1) is 6.27. The molecule has 1 rings (SSSR count). The van der Waals surface area contributed by atoms with E-state index < -0.39 is 0 Å². The van der Waals surface area contributed by atoms with Gasteiger partial charge in [-0.1, -0.05) is 6.92 Å². The van der Waals surface area contributed by atoms with Gasteiger partial charge < -0.3 is 10.4 Å². The Balaban J connectivity index is 2.38. The number of nitrogens with one attached hydrogen (secondary N) is 1. The van der Waals surface area contributed by atoms with Crippen LogP contribution in [0.1, 0.15) is 18.2 Å². The molecule has 2 nitrogen and oxygen atoms in total. The lowest BCUT2D eigenvalue weighted by Crippen LogP contribution is -2.30. The van der Waals surface area contributed by atoms with E-state index in [0.29, 0.717) is 0 Å². The molecule has 2 N–H and O–H groups in total. The zero-order valence-electron chi connectivity index (χ0n) is 7.59. The number of aliphatic hydroxyl groups excluding tert-OH is 1. The molecule has 1 atom stereocenters. The first-order valence-electron chi connectivity index (χ1n) is 4.34. The maximum absolute atomic E-state index is 8.95. The molecule has 0 bridgehead atoms. The number of halogens is 1. The van der Waals surface area contributed by atoms with Gasteiger partial charge in [0.05, 0.1) is 6.61 Å². The van der Waals surface area contributed by atoms with Crippen molar-refractivity contribution in [2.75, 3.05) is 6.61 Å². The van der Waals surface area contributed by atoms with Gasteiger partial charge in [-0.05, 0) is 33.8 Å². The molecule has 4 heteroatoms. The van der Waals surface area contributed by atoms with Crippen molar-refractivity contribution in [3.05, 3.63) is 20.8 Å². The second-order valence-electron chi connectivity index (χ2n) is 2.86. The SMILES string of the molecule is CC[C@@H](CO)NCc1sccc1Br. The molecule has 0 saturated carbocycles. The van der Waals surface area contributed by atoms with Gasteiger partial charge in [-0.25, -0.2) is 0 Å². The third kappa shape index (κ3) is 3.38. The monoisotopic (exact) mass is 263 g/mol. The number of aliphatic hydroxyl groups is 1. The summed E-state index contributed by atoms with van der Waals surface area (Å²) in [7, 11) is 0. The van der Waals surface area contributed by atoms with E-state index >= 15 is 0 Å². The fraction of sp³-hybridized carbons (Fsp3) is 0.556. The minimum Gasteiger partial charge on any atom is -0.395 e. The lowest BCUT2D eigenvalue weighted by Gasteiger charge is -2.12. The Labute approximate surface area is 91.1 Å². The molecule has 0 spiro atoms. The number of hydrogen-bond acceptors (Lipinski definition) is 3. The zero-order valence-corrected chi connectivity index (χ0v) is 9.99. The molecular formula is C9H14BrNOS. The van der Waals surface area contributed by atoms with E-state index in [9.17, 15) is 0 Å². The minimum atomic E-state index is 0.208. The standard InChI is InChI=1S/C9H14BrNOS/c1-2-7(6-12)11-5-9-8(10)3-4-13-9/h3-4,7,11-12H,2,5-6H2,1H3/t7-/m0/s1. The summed E-state index contributed by atoms with van der Waals surface area (Å²) in [5.41, 5.74) is 0. The summed E-state index contributed by atoms with van der Waals surface area (Å²) in [5.74, 6) is 0. The average molecular weight is 264 g/mol. The fourth-order valence-electron chi connectivity index (χ4n) is 1.03. The van der Waals surface area contributed by atoms with E-state index in [1.807, 2.05) is 6.07 Å². The minimum absolute atomic E-state index is 0.208. The maximum atomic E-state index is 8.95. The molecule has 1 aromatic rings. The van der Waals surface area contributed by atoms with E-state index in [0.717, 1.165) is 17.4 Å². The highest BCUT2D eigenvalue weighted by molar-refractivity contribution is 9.10. The van der Waals surface area contributed by atoms with Crippen LogP contribution in [0.2, 0.25) is 0 Å². The first-order valence-corrected chi connectivity index (χ1v) is 6.01. The van der Waals surface area contributed by atoms with Crippen molar-refractivity contribution in [3.8, 4) is 0 Å². The van der Waals surface area contributed by atoms with Crippen LogP contribution in [0, 0.1) is 0 Å². The molecule has 0 amide bonds. The van der Waals surface area contributed by atoms with Gasteiger partial charge in [-0.2, -0.15) is 0 Å². The van der Waals surface area contributed by atoms with E-state index in [-0.39, 0.29) is 12.6 Å². The van der Waals surface area contributed by atoms with Gasteiger partial charge in [0.2, 0.25) is 0 Å². The quantitative estimate of drug-likeness (QED) is 0.855. The Morgan fingerprint density at radius 2 is 2.46 bits per heavy atom. The van der Waals surface area contributed by atoms with Crippen LogP contribution in [-0.2, 0) is 6.54 Å². The van der Waals surface area contributed by atoms with Crippen molar-refractivity contribution in [1.29, 1.82) is 0 Å². The number of hydrogen-bond donors (Lipinski definition) is 2. The van der Waals surface area contributed by atoms with E-state index in [4.69, 9.17) is 5.11 Å². The normalized spacial score (nSPS) is 13.2. The lowest BCUT2D eigenvalue weighted by molar-refractivity contribution is 0.238. The zero-order chi connectivity index (χ0) is 9.68. The van der Waals surface area contributed by atoms with Crippen molar-refractivity contribution in [2.24, 2.45) is 0 Å². The van der Waals surface area contributed by atoms with Crippen molar-refractivity contribution in [1.82, 2.24) is 5.32 Å². The van der Waals surface area contributed by atoms with Gasteiger partial charge in [-0.3, -0.25) is 0 Å². The van der Waals surface area contributed by atoms with Crippen molar-refractivity contribution >= 4 is 27.3 Å². The molecule has 0 fully saturated rings. The summed E-state index contributed by atoms with van der Waals surface area (Å²) < 4.78 is 1.15. The summed E-state index contributed by atoms with van der Waals surface area (Å²) in [5, 5.41) is 14.3. The topological polar surface area (TPSA) is 32.3 Å².